The van der Waals surface area contributed by atoms with Crippen LogP contribution in [0.3, 0.4) is 0 Å². The van der Waals surface area contributed by atoms with E-state index in [0.29, 0.717) is 11.4 Å². The van der Waals surface area contributed by atoms with E-state index in [1.54, 1.807) is 12.1 Å². The quantitative estimate of drug-likeness (QED) is 0.722. The van der Waals surface area contributed by atoms with Crippen LogP contribution in [0.15, 0.2) is 24.3 Å². The third-order valence-corrected chi connectivity index (χ3v) is 3.42. The Balaban J connectivity index is 2.54. The highest BCUT2D eigenvalue weighted by Gasteiger charge is 2.20. The standard InChI is InChI=1S/C15H21ClN2O3/c1-3-4-5-13(14(19)20)18-15(21)17-10(2)11-6-8-12(16)9-7-11/h6-10,13H,3-5H2,1-2H3,(H,19,20)(H2,17,18,21)/t10?,13-/m0/s1. The molecule has 1 rings (SSSR count). The molecule has 0 aromatic heterocycles. The molecule has 0 heterocycles. The fraction of sp³-hybridized carbons (Fsp3) is 0.467. The Morgan fingerprint density at radius 1 is 1.24 bits per heavy atom. The summed E-state index contributed by atoms with van der Waals surface area (Å²) in [7, 11) is 0. The topological polar surface area (TPSA) is 78.4 Å². The molecule has 5 nitrogen and oxygen atoms in total. The molecule has 0 saturated carbocycles. The number of benzene rings is 1. The van der Waals surface area contributed by atoms with Crippen LogP contribution in [0.4, 0.5) is 4.79 Å². The molecule has 21 heavy (non-hydrogen) atoms. The molecule has 1 aromatic rings. The normalized spacial score (nSPS) is 13.3. The molecule has 0 saturated heterocycles. The van der Waals surface area contributed by atoms with Gasteiger partial charge in [0.15, 0.2) is 0 Å². The van der Waals surface area contributed by atoms with Crippen LogP contribution in [0.1, 0.15) is 44.7 Å². The second kappa shape index (κ2) is 8.52. The molecule has 0 aliphatic rings. The lowest BCUT2D eigenvalue weighted by atomic mass is 10.1. The number of carbonyl (C=O) groups is 2. The number of unbranched alkanes of at least 4 members (excludes halogenated alkanes) is 1. The summed E-state index contributed by atoms with van der Waals surface area (Å²) in [6.45, 7) is 3.80. The molecule has 1 aromatic carbocycles. The summed E-state index contributed by atoms with van der Waals surface area (Å²) in [5.74, 6) is -1.02. The van der Waals surface area contributed by atoms with E-state index >= 15 is 0 Å². The summed E-state index contributed by atoms with van der Waals surface area (Å²) in [6.07, 6.45) is 2.06. The minimum Gasteiger partial charge on any atom is -0.480 e. The van der Waals surface area contributed by atoms with Gasteiger partial charge in [-0.05, 0) is 31.0 Å². The lowest BCUT2D eigenvalue weighted by molar-refractivity contribution is -0.139. The number of carbonyl (C=O) groups excluding carboxylic acids is 1. The lowest BCUT2D eigenvalue weighted by Gasteiger charge is -2.18. The first-order valence-corrected chi connectivity index (χ1v) is 7.37. The smallest absolute Gasteiger partial charge is 0.326 e. The van der Waals surface area contributed by atoms with Gasteiger partial charge in [0.2, 0.25) is 0 Å². The summed E-state index contributed by atoms with van der Waals surface area (Å²) in [5.41, 5.74) is 0.898. The molecule has 2 atom stereocenters. The third kappa shape index (κ3) is 6.04. The maximum Gasteiger partial charge on any atom is 0.326 e. The minimum absolute atomic E-state index is 0.233. The highest BCUT2D eigenvalue weighted by atomic mass is 35.5. The Labute approximate surface area is 129 Å². The predicted molar refractivity (Wildman–Crippen MR) is 82.5 cm³/mol. The minimum atomic E-state index is -1.02. The van der Waals surface area contributed by atoms with E-state index in [4.69, 9.17) is 16.7 Å². The number of rotatable bonds is 7. The number of nitrogens with one attached hydrogen (secondary N) is 2. The van der Waals surface area contributed by atoms with Gasteiger partial charge in [-0.25, -0.2) is 9.59 Å². The van der Waals surface area contributed by atoms with Gasteiger partial charge in [-0.3, -0.25) is 0 Å². The van der Waals surface area contributed by atoms with E-state index in [1.165, 1.54) is 0 Å². The number of amides is 2. The van der Waals surface area contributed by atoms with E-state index in [1.807, 2.05) is 26.0 Å². The Bertz CT molecular complexity index is 476. The van der Waals surface area contributed by atoms with Crippen LogP contribution < -0.4 is 10.6 Å². The highest BCUT2D eigenvalue weighted by molar-refractivity contribution is 6.30. The zero-order valence-electron chi connectivity index (χ0n) is 12.2. The van der Waals surface area contributed by atoms with Gasteiger partial charge in [-0.15, -0.1) is 0 Å². The SMILES string of the molecule is CCCC[C@H](NC(=O)NC(C)c1ccc(Cl)cc1)C(=O)O. The summed E-state index contributed by atoms with van der Waals surface area (Å²) in [5, 5.41) is 14.9. The summed E-state index contributed by atoms with van der Waals surface area (Å²) < 4.78 is 0. The monoisotopic (exact) mass is 312 g/mol. The number of aliphatic carboxylic acids is 1. The Hall–Kier alpha value is -1.75. The van der Waals surface area contributed by atoms with E-state index in [-0.39, 0.29) is 6.04 Å². The molecular formula is C15H21ClN2O3. The van der Waals surface area contributed by atoms with Crippen molar-refractivity contribution in [3.8, 4) is 0 Å². The van der Waals surface area contributed by atoms with E-state index in [9.17, 15) is 9.59 Å². The summed E-state index contributed by atoms with van der Waals surface area (Å²) in [6, 6.07) is 5.55. The number of carboxylic acids is 1. The third-order valence-electron chi connectivity index (χ3n) is 3.17. The molecule has 0 aliphatic carbocycles. The molecule has 6 heteroatoms. The molecule has 1 unspecified atom stereocenters. The van der Waals surface area contributed by atoms with Gasteiger partial charge in [0.1, 0.15) is 6.04 Å². The largest absolute Gasteiger partial charge is 0.480 e. The first kappa shape index (κ1) is 17.3. The van der Waals surface area contributed by atoms with Gasteiger partial charge in [0, 0.05) is 5.02 Å². The van der Waals surface area contributed by atoms with Crippen molar-refractivity contribution >= 4 is 23.6 Å². The number of urea groups is 1. The zero-order valence-corrected chi connectivity index (χ0v) is 13.0. The van der Waals surface area contributed by atoms with Crippen molar-refractivity contribution < 1.29 is 14.7 Å². The number of hydrogen-bond donors (Lipinski definition) is 3. The average Bonchev–Trinajstić information content (AvgIpc) is 2.43. The molecule has 116 valence electrons. The van der Waals surface area contributed by atoms with Crippen LogP contribution in [-0.4, -0.2) is 23.1 Å². The van der Waals surface area contributed by atoms with E-state index < -0.39 is 18.0 Å². The van der Waals surface area contributed by atoms with Gasteiger partial charge in [-0.2, -0.15) is 0 Å². The van der Waals surface area contributed by atoms with E-state index in [2.05, 4.69) is 10.6 Å². The Morgan fingerprint density at radius 2 is 1.86 bits per heavy atom. The van der Waals surface area contributed by atoms with Gasteiger partial charge < -0.3 is 15.7 Å². The second-order valence-corrected chi connectivity index (χ2v) is 5.36. The van der Waals surface area contributed by atoms with Crippen LogP contribution in [0, 0.1) is 0 Å². The van der Waals surface area contributed by atoms with Crippen molar-refractivity contribution in [3.63, 3.8) is 0 Å². The summed E-state index contributed by atoms with van der Waals surface area (Å²) in [4.78, 5) is 22.9. The van der Waals surface area contributed by atoms with Gasteiger partial charge in [0.05, 0.1) is 6.04 Å². The summed E-state index contributed by atoms with van der Waals surface area (Å²) >= 11 is 5.81. The number of halogens is 1. The van der Waals surface area contributed by atoms with Gasteiger partial charge >= 0.3 is 12.0 Å². The number of hydrogen-bond acceptors (Lipinski definition) is 2. The van der Waals surface area contributed by atoms with Crippen LogP contribution in [0.25, 0.3) is 0 Å². The Morgan fingerprint density at radius 3 is 2.38 bits per heavy atom. The van der Waals surface area contributed by atoms with E-state index in [0.717, 1.165) is 18.4 Å². The van der Waals surface area contributed by atoms with Crippen molar-refractivity contribution in [2.45, 2.75) is 45.2 Å². The predicted octanol–water partition coefficient (Wildman–Crippen LogP) is 3.34. The van der Waals surface area contributed by atoms with Crippen molar-refractivity contribution in [1.82, 2.24) is 10.6 Å². The molecule has 0 spiro atoms. The Kier molecular flexibility index (Phi) is 7.02. The van der Waals surface area contributed by atoms with Crippen LogP contribution in [-0.2, 0) is 4.79 Å². The molecule has 0 fully saturated rings. The van der Waals surface area contributed by atoms with Crippen molar-refractivity contribution in [2.75, 3.05) is 0 Å². The van der Waals surface area contributed by atoms with Gasteiger partial charge in [0.25, 0.3) is 0 Å². The molecular weight excluding hydrogens is 292 g/mol. The first-order valence-electron chi connectivity index (χ1n) is 6.99. The molecule has 0 bridgehead atoms. The fourth-order valence-electron chi connectivity index (χ4n) is 1.90. The van der Waals surface area contributed by atoms with Crippen molar-refractivity contribution in [2.24, 2.45) is 0 Å². The second-order valence-electron chi connectivity index (χ2n) is 4.92. The molecule has 2 amide bonds. The van der Waals surface area contributed by atoms with Crippen molar-refractivity contribution in [1.29, 1.82) is 0 Å². The first-order chi connectivity index (χ1) is 9.93. The maximum absolute atomic E-state index is 11.9. The highest BCUT2D eigenvalue weighted by Crippen LogP contribution is 2.15. The van der Waals surface area contributed by atoms with Crippen LogP contribution in [0.5, 0.6) is 0 Å². The fourth-order valence-corrected chi connectivity index (χ4v) is 2.02. The molecule has 3 N–H and O–H groups in total. The zero-order chi connectivity index (χ0) is 15.8. The lowest BCUT2D eigenvalue weighted by Crippen LogP contribution is -2.46. The van der Waals surface area contributed by atoms with Crippen LogP contribution in [0.2, 0.25) is 5.02 Å². The maximum atomic E-state index is 11.9. The van der Waals surface area contributed by atoms with Crippen molar-refractivity contribution in [3.05, 3.63) is 34.9 Å². The molecule has 0 aliphatic heterocycles. The number of carboxylic acid groups (broad SMARTS) is 1. The van der Waals surface area contributed by atoms with Crippen LogP contribution >= 0.6 is 11.6 Å². The molecule has 0 radical (unpaired) electrons. The average molecular weight is 313 g/mol. The van der Waals surface area contributed by atoms with Gasteiger partial charge in [-0.1, -0.05) is 43.5 Å².